The van der Waals surface area contributed by atoms with Gasteiger partial charge < -0.3 is 10.0 Å². The van der Waals surface area contributed by atoms with Gasteiger partial charge in [0.2, 0.25) is 5.91 Å². The molecule has 2 fully saturated rings. The number of carbonyl (C=O) groups excluding carboxylic acids is 1. The summed E-state index contributed by atoms with van der Waals surface area (Å²) in [5, 5.41) is 15.3. The summed E-state index contributed by atoms with van der Waals surface area (Å²) in [6.45, 7) is 1.44. The molecule has 1 aliphatic heterocycles. The molecule has 1 aromatic heterocycles. The maximum absolute atomic E-state index is 11.9. The second-order valence-corrected chi connectivity index (χ2v) is 5.06. The number of H-pyrrole nitrogens is 1. The normalized spacial score (nSPS) is 23.3. The van der Waals surface area contributed by atoms with Crippen LogP contribution in [0.25, 0.3) is 0 Å². The summed E-state index contributed by atoms with van der Waals surface area (Å²) in [6, 6.07) is 1.57. The maximum Gasteiger partial charge on any atom is 0.356 e. The minimum absolute atomic E-state index is 0.0389. The van der Waals surface area contributed by atoms with Crippen LogP contribution in [0.3, 0.4) is 0 Å². The van der Waals surface area contributed by atoms with Crippen LogP contribution in [0.5, 0.6) is 0 Å². The predicted molar refractivity (Wildman–Crippen MR) is 62.2 cm³/mol. The molecule has 1 aliphatic carbocycles. The number of aromatic carboxylic acids is 1. The van der Waals surface area contributed by atoms with Crippen molar-refractivity contribution in [2.24, 2.45) is 5.92 Å². The van der Waals surface area contributed by atoms with Gasteiger partial charge in [-0.15, -0.1) is 0 Å². The molecule has 1 unspecified atom stereocenters. The molecule has 2 aliphatic rings. The third-order valence-corrected chi connectivity index (χ3v) is 3.68. The number of aromatic nitrogens is 2. The number of carbonyl (C=O) groups is 2. The number of hydrogen-bond donors (Lipinski definition) is 2. The highest BCUT2D eigenvalue weighted by atomic mass is 16.4. The van der Waals surface area contributed by atoms with E-state index in [9.17, 15) is 9.59 Å². The molecule has 96 valence electrons. The van der Waals surface area contributed by atoms with Crippen LogP contribution in [0.2, 0.25) is 0 Å². The molecule has 1 atom stereocenters. The molecule has 6 nitrogen and oxygen atoms in total. The van der Waals surface area contributed by atoms with Crippen molar-refractivity contribution in [2.45, 2.75) is 25.2 Å². The van der Waals surface area contributed by atoms with Gasteiger partial charge in [-0.25, -0.2) is 4.79 Å². The van der Waals surface area contributed by atoms with Crippen LogP contribution in [0.1, 0.15) is 41.4 Å². The fourth-order valence-electron chi connectivity index (χ4n) is 2.46. The van der Waals surface area contributed by atoms with E-state index >= 15 is 0 Å². The Bertz CT molecular complexity index is 493. The third-order valence-electron chi connectivity index (χ3n) is 3.68. The molecule has 18 heavy (non-hydrogen) atoms. The van der Waals surface area contributed by atoms with Crippen LogP contribution >= 0.6 is 0 Å². The zero-order chi connectivity index (χ0) is 12.7. The van der Waals surface area contributed by atoms with Gasteiger partial charge in [0.25, 0.3) is 0 Å². The molecule has 0 bridgehead atoms. The first-order valence-electron chi connectivity index (χ1n) is 6.22. The molecule has 1 saturated carbocycles. The van der Waals surface area contributed by atoms with Crippen LogP contribution in [0.15, 0.2) is 6.07 Å². The summed E-state index contributed by atoms with van der Waals surface area (Å²) in [7, 11) is 0. The molecule has 6 heteroatoms. The zero-order valence-electron chi connectivity index (χ0n) is 9.93. The number of carboxylic acid groups (broad SMARTS) is 1. The largest absolute Gasteiger partial charge is 0.476 e. The lowest BCUT2D eigenvalue weighted by Gasteiger charge is -2.15. The van der Waals surface area contributed by atoms with Gasteiger partial charge in [-0.2, -0.15) is 5.10 Å². The second kappa shape index (κ2) is 4.12. The zero-order valence-corrected chi connectivity index (χ0v) is 9.93. The summed E-state index contributed by atoms with van der Waals surface area (Å²) >= 11 is 0. The van der Waals surface area contributed by atoms with E-state index in [1.807, 2.05) is 4.90 Å². The van der Waals surface area contributed by atoms with Crippen molar-refractivity contribution in [1.82, 2.24) is 15.1 Å². The van der Waals surface area contributed by atoms with Crippen LogP contribution in [0, 0.1) is 5.92 Å². The van der Waals surface area contributed by atoms with Crippen LogP contribution in [0.4, 0.5) is 0 Å². The highest BCUT2D eigenvalue weighted by Gasteiger charge is 2.37. The number of nitrogens with zero attached hydrogens (tertiary/aromatic N) is 2. The van der Waals surface area contributed by atoms with Gasteiger partial charge in [0.05, 0.1) is 0 Å². The first-order chi connectivity index (χ1) is 8.65. The Morgan fingerprint density at radius 3 is 2.78 bits per heavy atom. The predicted octanol–water partition coefficient (Wildman–Crippen LogP) is 0.834. The molecule has 2 heterocycles. The maximum atomic E-state index is 11.9. The van der Waals surface area contributed by atoms with Gasteiger partial charge in [0.1, 0.15) is 0 Å². The molecule has 3 rings (SSSR count). The van der Waals surface area contributed by atoms with E-state index in [4.69, 9.17) is 5.11 Å². The van der Waals surface area contributed by atoms with E-state index in [2.05, 4.69) is 10.2 Å². The Labute approximate surface area is 104 Å². The summed E-state index contributed by atoms with van der Waals surface area (Å²) in [4.78, 5) is 24.5. The van der Waals surface area contributed by atoms with Crippen LogP contribution < -0.4 is 0 Å². The molecule has 1 amide bonds. The fraction of sp³-hybridized carbons (Fsp3) is 0.583. The van der Waals surface area contributed by atoms with Gasteiger partial charge in [-0.3, -0.25) is 9.89 Å². The van der Waals surface area contributed by atoms with E-state index in [1.165, 1.54) is 0 Å². The Morgan fingerprint density at radius 2 is 2.17 bits per heavy atom. The minimum atomic E-state index is -1.03. The van der Waals surface area contributed by atoms with Crippen molar-refractivity contribution in [3.8, 4) is 0 Å². The average Bonchev–Trinajstić information content (AvgIpc) is 2.90. The molecular formula is C12H15N3O3. The Balaban J connectivity index is 1.67. The third kappa shape index (κ3) is 1.98. The van der Waals surface area contributed by atoms with Crippen molar-refractivity contribution in [3.63, 3.8) is 0 Å². The van der Waals surface area contributed by atoms with E-state index in [-0.39, 0.29) is 23.4 Å². The smallest absolute Gasteiger partial charge is 0.356 e. The first-order valence-corrected chi connectivity index (χ1v) is 6.22. The number of rotatable bonds is 3. The molecule has 1 saturated heterocycles. The highest BCUT2D eigenvalue weighted by Crippen LogP contribution is 2.34. The molecule has 0 radical (unpaired) electrons. The molecular weight excluding hydrogens is 234 g/mol. The lowest BCUT2D eigenvalue weighted by Crippen LogP contribution is -2.29. The number of likely N-dealkylation sites (tertiary alicyclic amines) is 1. The van der Waals surface area contributed by atoms with E-state index in [1.54, 1.807) is 6.07 Å². The minimum Gasteiger partial charge on any atom is -0.476 e. The molecule has 0 aromatic carbocycles. The average molecular weight is 249 g/mol. The molecule has 0 spiro atoms. The topological polar surface area (TPSA) is 86.3 Å². The van der Waals surface area contributed by atoms with E-state index in [0.29, 0.717) is 6.54 Å². The summed E-state index contributed by atoms with van der Waals surface area (Å²) in [6.07, 6.45) is 2.92. The SMILES string of the molecule is O=C(O)c1cc(C2CCN(C(=O)C3CC3)C2)[nH]n1. The van der Waals surface area contributed by atoms with Crippen molar-refractivity contribution in [2.75, 3.05) is 13.1 Å². The van der Waals surface area contributed by atoms with E-state index in [0.717, 1.165) is 31.5 Å². The Kier molecular flexibility index (Phi) is 2.57. The molecule has 1 aromatic rings. The number of nitrogens with one attached hydrogen (secondary N) is 1. The van der Waals surface area contributed by atoms with Gasteiger partial charge in [-0.05, 0) is 25.3 Å². The highest BCUT2D eigenvalue weighted by molar-refractivity contribution is 5.85. The Hall–Kier alpha value is -1.85. The lowest BCUT2D eigenvalue weighted by molar-refractivity contribution is -0.131. The quantitative estimate of drug-likeness (QED) is 0.830. The number of hydrogen-bond acceptors (Lipinski definition) is 3. The van der Waals surface area contributed by atoms with Crippen LogP contribution in [-0.2, 0) is 4.79 Å². The Morgan fingerprint density at radius 1 is 1.39 bits per heavy atom. The van der Waals surface area contributed by atoms with E-state index < -0.39 is 5.97 Å². The van der Waals surface area contributed by atoms with Gasteiger partial charge in [-0.1, -0.05) is 0 Å². The van der Waals surface area contributed by atoms with Gasteiger partial charge in [0, 0.05) is 30.6 Å². The monoisotopic (exact) mass is 249 g/mol. The summed E-state index contributed by atoms with van der Waals surface area (Å²) < 4.78 is 0. The number of amides is 1. The second-order valence-electron chi connectivity index (χ2n) is 5.06. The summed E-state index contributed by atoms with van der Waals surface area (Å²) in [5.74, 6) is -0.328. The standard InChI is InChI=1S/C12H15N3O3/c16-11(7-1-2-7)15-4-3-8(6-15)9-5-10(12(17)18)14-13-9/h5,7-8H,1-4,6H2,(H,13,14)(H,17,18). The van der Waals surface area contributed by atoms with Crippen molar-refractivity contribution >= 4 is 11.9 Å². The van der Waals surface area contributed by atoms with Gasteiger partial charge >= 0.3 is 5.97 Å². The lowest BCUT2D eigenvalue weighted by atomic mass is 10.1. The summed E-state index contributed by atoms with van der Waals surface area (Å²) in [5.41, 5.74) is 0.857. The number of carboxylic acids is 1. The van der Waals surface area contributed by atoms with Crippen molar-refractivity contribution < 1.29 is 14.7 Å². The van der Waals surface area contributed by atoms with Crippen molar-refractivity contribution in [3.05, 3.63) is 17.5 Å². The first kappa shape index (κ1) is 11.3. The number of aromatic amines is 1. The van der Waals surface area contributed by atoms with Gasteiger partial charge in [0.15, 0.2) is 5.69 Å². The van der Waals surface area contributed by atoms with Crippen LogP contribution in [-0.4, -0.2) is 45.2 Å². The molecule has 2 N–H and O–H groups in total. The van der Waals surface area contributed by atoms with Crippen molar-refractivity contribution in [1.29, 1.82) is 0 Å². The fourth-order valence-corrected chi connectivity index (χ4v) is 2.46.